The third-order valence-corrected chi connectivity index (χ3v) is 6.40. The zero-order chi connectivity index (χ0) is 21.2. The molecule has 5 rings (SSSR count). The highest BCUT2D eigenvalue weighted by Crippen LogP contribution is 2.30. The molecule has 8 heteroatoms. The molecule has 0 bridgehead atoms. The lowest BCUT2D eigenvalue weighted by atomic mass is 9.98. The molecule has 1 aromatic rings. The highest BCUT2D eigenvalue weighted by atomic mass is 16.5. The molecule has 1 amide bonds. The van der Waals surface area contributed by atoms with Crippen LogP contribution in [0.4, 0.5) is 0 Å². The van der Waals surface area contributed by atoms with E-state index in [1.165, 1.54) is 0 Å². The molecule has 1 aromatic carbocycles. The fourth-order valence-electron chi connectivity index (χ4n) is 4.70. The van der Waals surface area contributed by atoms with Crippen molar-refractivity contribution in [3.05, 3.63) is 41.3 Å². The van der Waals surface area contributed by atoms with E-state index >= 15 is 0 Å². The van der Waals surface area contributed by atoms with Crippen LogP contribution < -0.4 is 15.5 Å². The van der Waals surface area contributed by atoms with Crippen LogP contribution in [0.3, 0.4) is 0 Å². The number of carbonyl (C=O) groups is 1. The number of rotatable bonds is 6. The quantitative estimate of drug-likeness (QED) is 0.709. The van der Waals surface area contributed by atoms with Crippen LogP contribution in [0, 0.1) is 5.92 Å². The second-order valence-electron chi connectivity index (χ2n) is 8.63. The predicted molar refractivity (Wildman–Crippen MR) is 113 cm³/mol. The standard InChI is InChI=1S/C23H31N3O5/c1-2-28-12-15-3-4-20-17(9-15)10-18(14-30-20)24-23(27)19-11-22-26(25-19)7-5-21(31-22)16-6-8-29-13-16/h3-4,9,11,16,18-19,21,25H,2,5-8,10,12-14H2,1H3,(H,24,27). The zero-order valence-electron chi connectivity index (χ0n) is 18.0. The SMILES string of the molecule is CCOCc1ccc2c(c1)CC(NC(=O)C1C=C3OC(C4CCOC4)CCN3N1)CO2. The molecule has 2 saturated heterocycles. The Morgan fingerprint density at radius 2 is 2.26 bits per heavy atom. The lowest BCUT2D eigenvalue weighted by Gasteiger charge is -2.35. The van der Waals surface area contributed by atoms with Crippen LogP contribution in [-0.2, 0) is 32.0 Å². The minimum atomic E-state index is -0.431. The average Bonchev–Trinajstić information content (AvgIpc) is 3.47. The van der Waals surface area contributed by atoms with Gasteiger partial charge in [0.15, 0.2) is 0 Å². The molecule has 0 aliphatic carbocycles. The van der Waals surface area contributed by atoms with E-state index in [1.807, 2.05) is 30.1 Å². The average molecular weight is 430 g/mol. The summed E-state index contributed by atoms with van der Waals surface area (Å²) in [6.45, 7) is 6.15. The van der Waals surface area contributed by atoms with E-state index in [1.54, 1.807) is 0 Å². The van der Waals surface area contributed by atoms with Crippen molar-refractivity contribution < 1.29 is 23.7 Å². The second-order valence-corrected chi connectivity index (χ2v) is 8.63. The number of hydrazine groups is 1. The number of carbonyl (C=O) groups excluding carboxylic acids is 1. The first kappa shape index (κ1) is 20.6. The Hall–Kier alpha value is -2.29. The molecule has 0 aromatic heterocycles. The fourth-order valence-corrected chi connectivity index (χ4v) is 4.70. The summed E-state index contributed by atoms with van der Waals surface area (Å²) >= 11 is 0. The Morgan fingerprint density at radius 1 is 1.32 bits per heavy atom. The van der Waals surface area contributed by atoms with Crippen molar-refractivity contribution >= 4 is 5.91 Å². The first-order valence-corrected chi connectivity index (χ1v) is 11.3. The van der Waals surface area contributed by atoms with Gasteiger partial charge in [0, 0.05) is 38.2 Å². The third-order valence-electron chi connectivity index (χ3n) is 6.40. The summed E-state index contributed by atoms with van der Waals surface area (Å²) < 4.78 is 23.1. The molecule has 4 unspecified atom stereocenters. The normalized spacial score (nSPS) is 29.5. The van der Waals surface area contributed by atoms with Gasteiger partial charge in [0.2, 0.25) is 11.8 Å². The van der Waals surface area contributed by atoms with Gasteiger partial charge in [-0.15, -0.1) is 0 Å². The molecular formula is C23H31N3O5. The summed E-state index contributed by atoms with van der Waals surface area (Å²) in [5.41, 5.74) is 5.49. The van der Waals surface area contributed by atoms with Gasteiger partial charge in [-0.1, -0.05) is 6.07 Å². The van der Waals surface area contributed by atoms with Crippen LogP contribution >= 0.6 is 0 Å². The molecule has 4 aliphatic heterocycles. The lowest BCUT2D eigenvalue weighted by molar-refractivity contribution is -0.124. The van der Waals surface area contributed by atoms with E-state index in [2.05, 4.69) is 16.8 Å². The van der Waals surface area contributed by atoms with Crippen LogP contribution in [-0.4, -0.2) is 62.1 Å². The van der Waals surface area contributed by atoms with Crippen molar-refractivity contribution in [3.8, 4) is 5.75 Å². The number of ether oxygens (including phenoxy) is 4. The number of nitrogens with one attached hydrogen (secondary N) is 2. The molecule has 168 valence electrons. The Labute approximate surface area is 182 Å². The molecule has 31 heavy (non-hydrogen) atoms. The summed E-state index contributed by atoms with van der Waals surface area (Å²) in [5, 5.41) is 5.08. The zero-order valence-corrected chi connectivity index (χ0v) is 18.0. The topological polar surface area (TPSA) is 81.3 Å². The first-order valence-electron chi connectivity index (χ1n) is 11.3. The van der Waals surface area contributed by atoms with E-state index < -0.39 is 6.04 Å². The Balaban J connectivity index is 1.17. The van der Waals surface area contributed by atoms with E-state index in [9.17, 15) is 4.79 Å². The molecule has 2 N–H and O–H groups in total. The smallest absolute Gasteiger partial charge is 0.243 e. The summed E-state index contributed by atoms with van der Waals surface area (Å²) in [4.78, 5) is 12.9. The number of hydrogen-bond donors (Lipinski definition) is 2. The minimum Gasteiger partial charge on any atom is -0.491 e. The van der Waals surface area contributed by atoms with Gasteiger partial charge >= 0.3 is 0 Å². The first-order chi connectivity index (χ1) is 15.2. The minimum absolute atomic E-state index is 0.0613. The van der Waals surface area contributed by atoms with Gasteiger partial charge in [0.05, 0.1) is 19.3 Å². The van der Waals surface area contributed by atoms with Crippen molar-refractivity contribution in [2.45, 2.75) is 51.0 Å². The number of benzene rings is 1. The monoisotopic (exact) mass is 429 g/mol. The number of nitrogens with zero attached hydrogens (tertiary/aromatic N) is 1. The van der Waals surface area contributed by atoms with Crippen molar-refractivity contribution in [2.24, 2.45) is 5.92 Å². The summed E-state index contributed by atoms with van der Waals surface area (Å²) in [7, 11) is 0. The molecule has 0 saturated carbocycles. The van der Waals surface area contributed by atoms with E-state index in [-0.39, 0.29) is 18.1 Å². The van der Waals surface area contributed by atoms with E-state index in [4.69, 9.17) is 18.9 Å². The number of hydrogen-bond acceptors (Lipinski definition) is 7. The largest absolute Gasteiger partial charge is 0.491 e. The van der Waals surface area contributed by atoms with Crippen molar-refractivity contribution in [2.75, 3.05) is 33.0 Å². The van der Waals surface area contributed by atoms with Crippen LogP contribution in [0.1, 0.15) is 30.9 Å². The highest BCUT2D eigenvalue weighted by molar-refractivity contribution is 5.84. The van der Waals surface area contributed by atoms with Gasteiger partial charge in [-0.25, -0.2) is 5.43 Å². The molecule has 0 spiro atoms. The molecule has 2 fully saturated rings. The Morgan fingerprint density at radius 3 is 3.10 bits per heavy atom. The second kappa shape index (κ2) is 9.06. The Bertz CT molecular complexity index is 839. The maximum Gasteiger partial charge on any atom is 0.243 e. The van der Waals surface area contributed by atoms with Crippen LogP contribution in [0.15, 0.2) is 30.2 Å². The lowest BCUT2D eigenvalue weighted by Crippen LogP contribution is -2.52. The molecule has 4 atom stereocenters. The van der Waals surface area contributed by atoms with Gasteiger partial charge in [-0.2, -0.15) is 0 Å². The highest BCUT2D eigenvalue weighted by Gasteiger charge is 2.38. The van der Waals surface area contributed by atoms with E-state index in [0.717, 1.165) is 61.8 Å². The number of fused-ring (bicyclic) bond motifs is 2. The van der Waals surface area contributed by atoms with E-state index in [0.29, 0.717) is 25.7 Å². The van der Waals surface area contributed by atoms with Gasteiger partial charge in [-0.3, -0.25) is 9.80 Å². The van der Waals surface area contributed by atoms with Crippen LogP contribution in [0.25, 0.3) is 0 Å². The van der Waals surface area contributed by atoms with Crippen LogP contribution in [0.5, 0.6) is 5.75 Å². The predicted octanol–water partition coefficient (Wildman–Crippen LogP) is 1.50. The third kappa shape index (κ3) is 4.51. The van der Waals surface area contributed by atoms with Gasteiger partial charge in [0.1, 0.15) is 24.5 Å². The van der Waals surface area contributed by atoms with Crippen LogP contribution in [0.2, 0.25) is 0 Å². The van der Waals surface area contributed by atoms with Crippen molar-refractivity contribution in [3.63, 3.8) is 0 Å². The maximum absolute atomic E-state index is 12.9. The molecule has 4 aliphatic rings. The van der Waals surface area contributed by atoms with Crippen molar-refractivity contribution in [1.29, 1.82) is 0 Å². The molecular weight excluding hydrogens is 398 g/mol. The summed E-state index contributed by atoms with van der Waals surface area (Å²) in [6, 6.07) is 5.64. The number of amides is 1. The summed E-state index contributed by atoms with van der Waals surface area (Å²) in [6.07, 6.45) is 4.78. The van der Waals surface area contributed by atoms with Crippen molar-refractivity contribution in [1.82, 2.24) is 15.8 Å². The fraction of sp³-hybridized carbons (Fsp3) is 0.609. The maximum atomic E-state index is 12.9. The summed E-state index contributed by atoms with van der Waals surface area (Å²) in [5.74, 6) is 2.03. The Kier molecular flexibility index (Phi) is 6.02. The molecule has 4 heterocycles. The van der Waals surface area contributed by atoms with Gasteiger partial charge in [-0.05, 0) is 43.0 Å². The molecule has 0 radical (unpaired) electrons. The van der Waals surface area contributed by atoms with Gasteiger partial charge < -0.3 is 24.3 Å². The molecule has 8 nitrogen and oxygen atoms in total. The van der Waals surface area contributed by atoms with Gasteiger partial charge in [0.25, 0.3) is 0 Å².